The second-order valence-corrected chi connectivity index (χ2v) is 37.4. The van der Waals surface area contributed by atoms with Crippen LogP contribution < -0.4 is 57.2 Å². The molecular formula is C96H116Cl3N9O29. The van der Waals surface area contributed by atoms with Crippen molar-refractivity contribution in [3.8, 4) is 68.2 Å². The number of fused-ring (bicyclic) bond motifs is 15. The number of aromatic hydroxyl groups is 3. The van der Waals surface area contributed by atoms with E-state index in [9.17, 15) is 76.0 Å². The number of carbonyl (C=O) groups excluding carboxylic acids is 8. The van der Waals surface area contributed by atoms with Gasteiger partial charge in [0, 0.05) is 79.5 Å². The molecule has 8 heterocycles. The Bertz CT molecular complexity index is 5530. The molecule has 15 rings (SSSR count). The molecule has 0 aliphatic carbocycles. The summed E-state index contributed by atoms with van der Waals surface area (Å²) in [6, 6.07) is 20.2. The van der Waals surface area contributed by atoms with Gasteiger partial charge in [-0.05, 0) is 171 Å². The van der Waals surface area contributed by atoms with Crippen LogP contribution in [-0.2, 0) is 75.1 Å². The van der Waals surface area contributed by atoms with Crippen molar-refractivity contribution in [1.82, 2.24) is 42.1 Å². The number of ether oxygens (including phenoxy) is 8. The summed E-state index contributed by atoms with van der Waals surface area (Å²) in [6.07, 6.45) is -28.2. The summed E-state index contributed by atoms with van der Waals surface area (Å²) < 4.78 is 51.2. The van der Waals surface area contributed by atoms with Crippen molar-refractivity contribution < 1.29 is 143 Å². The van der Waals surface area contributed by atoms with E-state index in [0.29, 0.717) is 24.4 Å². The number of aliphatic hydroxyl groups excluding tert-OH is 10. The Labute approximate surface area is 803 Å². The maximum atomic E-state index is 16.8. The Morgan fingerprint density at radius 2 is 1.27 bits per heavy atom. The number of ketones is 2. The van der Waals surface area contributed by atoms with Crippen LogP contribution in [0.1, 0.15) is 149 Å². The molecule has 38 nitrogen and oxygen atoms in total. The van der Waals surface area contributed by atoms with Gasteiger partial charge in [0.15, 0.2) is 41.7 Å². The zero-order valence-electron chi connectivity index (χ0n) is 75.9. The maximum Gasteiger partial charge on any atom is 0.247 e. The van der Waals surface area contributed by atoms with Crippen LogP contribution in [0.2, 0.25) is 15.1 Å². The number of nitrogens with zero attached hydrogens (tertiary/aromatic N) is 1. The summed E-state index contributed by atoms with van der Waals surface area (Å²) >= 11 is 20.8. The fourth-order valence-electron chi connectivity index (χ4n) is 17.8. The van der Waals surface area contributed by atoms with Crippen LogP contribution in [0.15, 0.2) is 121 Å². The minimum atomic E-state index is -2.28. The minimum Gasteiger partial charge on any atom is -0.507 e. The van der Waals surface area contributed by atoms with E-state index in [-0.39, 0.29) is 83.8 Å². The molecule has 0 aromatic heterocycles. The van der Waals surface area contributed by atoms with Gasteiger partial charge in [-0.2, -0.15) is 0 Å². The molecule has 41 heteroatoms. The molecule has 23 atom stereocenters. The van der Waals surface area contributed by atoms with Gasteiger partial charge in [-0.25, -0.2) is 0 Å². The fourth-order valence-corrected chi connectivity index (χ4v) is 18.4. The summed E-state index contributed by atoms with van der Waals surface area (Å²) in [7, 11) is 3.56. The largest absolute Gasteiger partial charge is 0.507 e. The average molecular weight is 1970 g/mol. The topological polar surface area (TPSA) is 587 Å². The first-order chi connectivity index (χ1) is 65.2. The third-order valence-electron chi connectivity index (χ3n) is 25.5. The van der Waals surface area contributed by atoms with Gasteiger partial charge in [-0.15, -0.1) is 0 Å². The van der Waals surface area contributed by atoms with E-state index in [1.807, 2.05) is 55.1 Å². The Morgan fingerprint density at radius 1 is 0.650 bits per heavy atom. The molecule has 7 aromatic carbocycles. The minimum absolute atomic E-state index is 0.0490. The van der Waals surface area contributed by atoms with Crippen molar-refractivity contribution >= 4 is 81.8 Å². The van der Waals surface area contributed by atoms with Crippen LogP contribution in [0, 0.1) is 17.8 Å². The van der Waals surface area contributed by atoms with Crippen molar-refractivity contribution in [1.29, 1.82) is 0 Å². The fraction of sp³-hybridized carbons (Fsp3) is 0.479. The summed E-state index contributed by atoms with van der Waals surface area (Å²) in [5.74, 6) is -18.6. The van der Waals surface area contributed by atoms with Gasteiger partial charge in [-0.1, -0.05) is 110 Å². The van der Waals surface area contributed by atoms with Crippen LogP contribution in [-0.4, -0.2) is 269 Å². The smallest absolute Gasteiger partial charge is 0.247 e. The van der Waals surface area contributed by atoms with E-state index >= 15 is 28.8 Å². The third-order valence-corrected chi connectivity index (χ3v) is 26.3. The molecule has 8 aliphatic rings. The Hall–Kier alpha value is -10.4. The number of nitrogens with one attached hydrogen (secondary N) is 7. The number of rotatable bonds is 28. The summed E-state index contributed by atoms with van der Waals surface area (Å²) in [5.41, 5.74) is 4.56. The molecular weight excluding hydrogens is 1850 g/mol. The predicted octanol–water partition coefficient (Wildman–Crippen LogP) is 4.56. The number of nitrogens with two attached hydrogens (primary N) is 1. The van der Waals surface area contributed by atoms with Gasteiger partial charge < -0.3 is 152 Å². The first-order valence-corrected chi connectivity index (χ1v) is 46.2. The predicted molar refractivity (Wildman–Crippen MR) is 492 cm³/mol. The lowest BCUT2D eigenvalue weighted by molar-refractivity contribution is -0.334. The molecule has 137 heavy (non-hydrogen) atoms. The first kappa shape index (κ1) is 104. The van der Waals surface area contributed by atoms with Gasteiger partial charge in [-0.3, -0.25) is 38.4 Å². The van der Waals surface area contributed by atoms with Crippen LogP contribution >= 0.6 is 34.8 Å². The SMILES string of the molecule is CC[C@H](CC(C)C)C(=O)N[C@H]1C(=O)C[C@@H](CC(N)=O)C(=O)N[C@H]2C(=O)C[C@H]3C(=O)N[C@H](C(=O)N[C@H](C(=O)NCCCN(C)C)c4cc(O)c(CNCCOC5OC(CO)[C@@H](O)[C@H](O)[C@H]5O)c(O)c4-c4cc3ccc4O)[C@H](O)c3ccc(c(Cl)c3)Oc3cc2cc(c3O[C@@H]2O[C@H](CO)C(O)C(O)[C@H]2O[C@H]2CC(C)(NCc3ccc(-c4ccc(Cl)cc4)cc3)[C@H](O)[C@H](C)O2)Oc2ccc(cc2Cl)[C@H]1O. The van der Waals surface area contributed by atoms with Crippen LogP contribution in [0.3, 0.4) is 0 Å². The lowest BCUT2D eigenvalue weighted by Gasteiger charge is -2.48. The molecule has 11 bridgehead atoms. The monoisotopic (exact) mass is 1960 g/mol. The van der Waals surface area contributed by atoms with Crippen LogP contribution in [0.25, 0.3) is 22.3 Å². The number of halogens is 3. The second-order valence-electron chi connectivity index (χ2n) is 36.1. The zero-order chi connectivity index (χ0) is 99.0. The number of carbonyl (C=O) groups is 8. The molecule has 3 fully saturated rings. The molecule has 740 valence electrons. The van der Waals surface area contributed by atoms with Crippen LogP contribution in [0.4, 0.5) is 0 Å². The Kier molecular flexibility index (Phi) is 34.4. The first-order valence-electron chi connectivity index (χ1n) is 45.0. The maximum absolute atomic E-state index is 16.8. The highest BCUT2D eigenvalue weighted by atomic mass is 35.5. The molecule has 7 aromatic rings. The summed E-state index contributed by atoms with van der Waals surface area (Å²) in [5, 5.41) is 171. The van der Waals surface area contributed by atoms with Crippen molar-refractivity contribution in [2.75, 3.05) is 53.6 Å². The number of amides is 6. The van der Waals surface area contributed by atoms with Crippen molar-refractivity contribution in [3.63, 3.8) is 0 Å². The number of hydrogen-bond acceptors (Lipinski definition) is 32. The Morgan fingerprint density at radius 3 is 1.88 bits per heavy atom. The molecule has 6 amide bonds. The van der Waals surface area contributed by atoms with Gasteiger partial charge in [0.05, 0.1) is 59.5 Å². The normalized spacial score (nSPS) is 28.3. The van der Waals surface area contributed by atoms with Gasteiger partial charge in [0.2, 0.25) is 47.5 Å². The number of phenolic OH excluding ortho intramolecular Hbond substituents is 3. The highest BCUT2D eigenvalue weighted by Gasteiger charge is 2.53. The number of primary amides is 1. The van der Waals surface area contributed by atoms with E-state index in [1.165, 1.54) is 36.4 Å². The molecule has 8 aliphatic heterocycles. The van der Waals surface area contributed by atoms with E-state index in [0.717, 1.165) is 53.1 Å². The van der Waals surface area contributed by atoms with Gasteiger partial charge >= 0.3 is 0 Å². The standard InChI is InChI=1S/C96H116Cl3N9O29/c1-8-46(28-43(2)3)89(125)106-76-63(113)32-53(35-71(100)115)90(126)104-74-52-33-67(132-65-22-17-50(78(76)116)30-59(65)98)86(137-95-87(84(122)82(120)70(42-110)135-95)136-72-38-96(5,88(124)44(4)131-72)103-39-45-10-12-47(13-11-45)48-14-19-54(97)20-15-48)68(34-52)133-66-23-18-51(31-60(66)99)79(117)77-93(129)105-75(92(128)102-24-9-26-108(6)7)57-37-62(112)58(40-101-25-27-130-94-85(123)83(121)81(119)69(41-109)134-94)80(118)73(57)56-29-49(16-21-61(56)111)55(36-64(74)114)91(127)107-77/h10-23,29-31,33-34,37,43-44,46,53,55,69-70,72,74-79,81-85,87-88,94-95,101,103,109-112,116-124H,8-9,24-28,32,35-36,38-42H2,1-7H3,(H2,100,115)(H,102,128)(H,104,126)(H,105,129)(H,106,125)(H,107,127)/t44-,46+,53-,55+,69?,70+,72-,74+,75-,76-,77-,78+,79+,81+,82?,83-,84?,85+,87+,88+,94?,95-,96?/m0/s1. The quantitative estimate of drug-likeness (QED) is 0.0299. The third kappa shape index (κ3) is 24.0. The lowest BCUT2D eigenvalue weighted by Crippen LogP contribution is -2.65. The highest BCUT2D eigenvalue weighted by Crippen LogP contribution is 2.52. The summed E-state index contributed by atoms with van der Waals surface area (Å²) in [6.45, 7) is 6.56. The van der Waals surface area contributed by atoms with Crippen molar-refractivity contribution in [2.24, 2.45) is 23.5 Å². The molecule has 3 saturated heterocycles. The zero-order valence-corrected chi connectivity index (χ0v) is 78.2. The van der Waals surface area contributed by atoms with Crippen molar-refractivity contribution in [2.45, 2.75) is 220 Å². The molecule has 0 saturated carbocycles. The van der Waals surface area contributed by atoms with Gasteiger partial charge in [0.25, 0.3) is 0 Å². The molecule has 0 radical (unpaired) electrons. The van der Waals surface area contributed by atoms with Crippen molar-refractivity contribution in [3.05, 3.63) is 175 Å². The van der Waals surface area contributed by atoms with Gasteiger partial charge in [0.1, 0.15) is 108 Å². The molecule has 5 unspecified atom stereocenters. The molecule has 22 N–H and O–H groups in total. The van der Waals surface area contributed by atoms with Crippen LogP contribution in [0.5, 0.6) is 46.0 Å². The number of benzene rings is 7. The highest BCUT2D eigenvalue weighted by molar-refractivity contribution is 6.32. The van der Waals surface area contributed by atoms with E-state index in [2.05, 4.69) is 37.2 Å². The van der Waals surface area contributed by atoms with E-state index < -0.39 is 287 Å². The Balaban J connectivity index is 0.974. The number of hydrogen-bond donors (Lipinski definition) is 21. The molecule has 0 spiro atoms. The number of Topliss-reactive ketones (excluding diaryl/α,β-unsaturated/α-hetero) is 2. The van der Waals surface area contributed by atoms with E-state index in [1.54, 1.807) is 47.0 Å². The number of aliphatic hydroxyl groups is 10. The van der Waals surface area contributed by atoms with E-state index in [4.69, 9.17) is 78.4 Å². The number of phenols is 3. The average Bonchev–Trinajstić information content (AvgIpc) is 0.756. The second kappa shape index (κ2) is 45.3. The lowest BCUT2D eigenvalue weighted by atomic mass is 9.84. The summed E-state index contributed by atoms with van der Waals surface area (Å²) in [4.78, 5) is 125.